The summed E-state index contributed by atoms with van der Waals surface area (Å²) in [6, 6.07) is 5.94. The number of fused-ring (bicyclic) bond motifs is 1. The average Bonchev–Trinajstić information content (AvgIpc) is 3.04. The second-order valence-electron chi connectivity index (χ2n) is 12.0. The number of carbonyl (C=O) groups excluding carboxylic acids is 2. The Morgan fingerprint density at radius 1 is 1.19 bits per heavy atom. The number of hydrogen-bond acceptors (Lipinski definition) is 8. The molecule has 42 heavy (non-hydrogen) atoms. The second-order valence-corrected chi connectivity index (χ2v) is 14.1. The van der Waals surface area contributed by atoms with Gasteiger partial charge in [0.2, 0.25) is 21.8 Å². The van der Waals surface area contributed by atoms with Gasteiger partial charge < -0.3 is 15.2 Å². The van der Waals surface area contributed by atoms with E-state index in [4.69, 9.17) is 15.2 Å². The number of aromatic nitrogens is 2. The van der Waals surface area contributed by atoms with E-state index in [-0.39, 0.29) is 0 Å². The molecule has 1 aliphatic carbocycles. The van der Waals surface area contributed by atoms with Crippen LogP contribution >= 0.6 is 0 Å². The third-order valence-corrected chi connectivity index (χ3v) is 10.6. The summed E-state index contributed by atoms with van der Waals surface area (Å²) in [6.07, 6.45) is 3.02. The monoisotopic (exact) mass is 606 g/mol. The van der Waals surface area contributed by atoms with Gasteiger partial charge in [-0.15, -0.1) is 0 Å². The van der Waals surface area contributed by atoms with E-state index in [1.807, 2.05) is 6.07 Å². The lowest BCUT2D eigenvalue weighted by molar-refractivity contribution is -0.133. The molecule has 0 bridgehead atoms. The smallest absolute Gasteiger partial charge is 0.424 e. The highest BCUT2D eigenvalue weighted by Crippen LogP contribution is 2.60. The van der Waals surface area contributed by atoms with Crippen molar-refractivity contribution in [3.63, 3.8) is 0 Å². The summed E-state index contributed by atoms with van der Waals surface area (Å²) < 4.78 is 68.2. The fraction of sp³-hybridized carbons (Fsp3) is 0.517. The van der Waals surface area contributed by atoms with E-state index in [1.165, 1.54) is 33.1 Å². The summed E-state index contributed by atoms with van der Waals surface area (Å²) in [6.45, 7) is 7.50. The van der Waals surface area contributed by atoms with Crippen molar-refractivity contribution in [3.05, 3.63) is 48.4 Å². The number of ether oxygens (including phenoxy) is 2. The van der Waals surface area contributed by atoms with Gasteiger partial charge in [0, 0.05) is 48.2 Å². The van der Waals surface area contributed by atoms with Crippen LogP contribution < -0.4 is 10.5 Å². The van der Waals surface area contributed by atoms with Crippen LogP contribution in [0.15, 0.2) is 42.7 Å². The Balaban J connectivity index is 1.77. The predicted molar refractivity (Wildman–Crippen MR) is 152 cm³/mol. The van der Waals surface area contributed by atoms with Crippen LogP contribution in [0.1, 0.15) is 53.2 Å². The Hall–Kier alpha value is -3.61. The van der Waals surface area contributed by atoms with Crippen molar-refractivity contribution in [2.75, 3.05) is 7.11 Å². The Bertz CT molecular complexity index is 1490. The van der Waals surface area contributed by atoms with Crippen LogP contribution in [0.5, 0.6) is 5.88 Å². The molecule has 0 unspecified atom stereocenters. The van der Waals surface area contributed by atoms with Crippen molar-refractivity contribution in [1.29, 1.82) is 0 Å². The van der Waals surface area contributed by atoms with Crippen molar-refractivity contribution in [2.24, 2.45) is 23.5 Å². The Kier molecular flexibility index (Phi) is 8.13. The number of nitrogens with zero attached hydrogens (tertiary/aromatic N) is 3. The Morgan fingerprint density at radius 2 is 1.88 bits per heavy atom. The van der Waals surface area contributed by atoms with Gasteiger partial charge in [-0.2, -0.15) is 0 Å². The van der Waals surface area contributed by atoms with Crippen LogP contribution in [0.25, 0.3) is 17.2 Å². The standard InChI is InChI=1S/C29H36F2N4O6S/c1-17-21(12-11-20-10-9-19(15-34-20)22-8-7-13-33-25(22)40-6)24-18(2)35(26(37)41-27(3,4)5)42(38,39)28(24,14-23(32)36)16-29(17,30)31/h7-13,15,17-18,21,24H,14,16H2,1-6H3,(H2,32,36)/b12-11+/t17-,18+,21-,24-,28+/m0/s1. The van der Waals surface area contributed by atoms with Gasteiger partial charge in [0.05, 0.1) is 18.8 Å². The van der Waals surface area contributed by atoms with Crippen LogP contribution in [0.3, 0.4) is 0 Å². The molecule has 0 spiro atoms. The molecular weight excluding hydrogens is 570 g/mol. The maximum absolute atomic E-state index is 15.7. The molecule has 2 amide bonds. The molecular formula is C29H36F2N4O6S. The zero-order valence-electron chi connectivity index (χ0n) is 24.4. The number of alkyl halides is 2. The SMILES string of the molecule is COc1ncccc1-c1ccc(/C=C/[C@@H]2[C@@H]3[C@@H](C)N(C(=O)OC(C)(C)C)S(=O)(=O)[C@]3(CC(N)=O)CC(F)(F)[C@H]2C)nc1. The number of nitrogens with two attached hydrogens (primary N) is 1. The maximum atomic E-state index is 15.7. The fourth-order valence-corrected chi connectivity index (χ4v) is 8.87. The first-order valence-corrected chi connectivity index (χ1v) is 15.0. The van der Waals surface area contributed by atoms with Gasteiger partial charge in [-0.3, -0.25) is 9.78 Å². The van der Waals surface area contributed by atoms with Crippen LogP contribution in [0.4, 0.5) is 13.6 Å². The molecule has 2 fully saturated rings. The summed E-state index contributed by atoms with van der Waals surface area (Å²) in [5, 5.41) is 0. The number of carbonyl (C=O) groups is 2. The molecule has 3 heterocycles. The van der Waals surface area contributed by atoms with Gasteiger partial charge in [0.1, 0.15) is 10.3 Å². The number of halogens is 2. The Labute approximate surface area is 244 Å². The normalized spacial score (nSPS) is 28.3. The summed E-state index contributed by atoms with van der Waals surface area (Å²) in [7, 11) is -3.30. The van der Waals surface area contributed by atoms with E-state index in [0.29, 0.717) is 21.4 Å². The highest BCUT2D eigenvalue weighted by Gasteiger charge is 2.73. The average molecular weight is 607 g/mol. The number of rotatable bonds is 6. The fourth-order valence-electron chi connectivity index (χ4n) is 6.28. The molecule has 1 saturated heterocycles. The number of hydrogen-bond donors (Lipinski definition) is 1. The van der Waals surface area contributed by atoms with Gasteiger partial charge in [-0.1, -0.05) is 19.1 Å². The summed E-state index contributed by atoms with van der Waals surface area (Å²) >= 11 is 0. The highest BCUT2D eigenvalue weighted by atomic mass is 32.2. The first kappa shape index (κ1) is 31.3. The quantitative estimate of drug-likeness (QED) is 0.501. The molecule has 10 nitrogen and oxygen atoms in total. The first-order valence-electron chi connectivity index (χ1n) is 13.5. The van der Waals surface area contributed by atoms with E-state index >= 15 is 8.78 Å². The molecule has 0 radical (unpaired) electrons. The molecule has 5 atom stereocenters. The van der Waals surface area contributed by atoms with Gasteiger partial charge >= 0.3 is 6.09 Å². The van der Waals surface area contributed by atoms with Crippen LogP contribution in [-0.2, 0) is 19.6 Å². The van der Waals surface area contributed by atoms with E-state index in [9.17, 15) is 18.0 Å². The highest BCUT2D eigenvalue weighted by molar-refractivity contribution is 7.91. The molecule has 1 saturated carbocycles. The van der Waals surface area contributed by atoms with E-state index in [0.717, 1.165) is 5.56 Å². The van der Waals surface area contributed by atoms with Gasteiger partial charge in [0.25, 0.3) is 5.92 Å². The Morgan fingerprint density at radius 3 is 2.45 bits per heavy atom. The van der Waals surface area contributed by atoms with Crippen molar-refractivity contribution in [3.8, 4) is 17.0 Å². The minimum Gasteiger partial charge on any atom is -0.481 e. The number of methoxy groups -OCH3 is 1. The largest absolute Gasteiger partial charge is 0.481 e. The summed E-state index contributed by atoms with van der Waals surface area (Å²) in [5.74, 6) is -7.60. The first-order chi connectivity index (χ1) is 19.4. The minimum atomic E-state index is -4.81. The lowest BCUT2D eigenvalue weighted by Crippen LogP contribution is -2.59. The molecule has 228 valence electrons. The molecule has 2 N–H and O–H groups in total. The third kappa shape index (κ3) is 5.46. The molecule has 0 aromatic carbocycles. The van der Waals surface area contributed by atoms with Gasteiger partial charge in [0.15, 0.2) is 0 Å². The molecule has 2 aliphatic rings. The van der Waals surface area contributed by atoms with Gasteiger partial charge in [-0.05, 0) is 57.9 Å². The van der Waals surface area contributed by atoms with E-state index in [2.05, 4.69) is 9.97 Å². The van der Waals surface area contributed by atoms with Crippen LogP contribution in [0.2, 0.25) is 0 Å². The van der Waals surface area contributed by atoms with Crippen LogP contribution in [0, 0.1) is 17.8 Å². The van der Waals surface area contributed by atoms with Gasteiger partial charge in [-0.25, -0.2) is 31.3 Å². The van der Waals surface area contributed by atoms with Crippen LogP contribution in [-0.4, -0.2) is 64.1 Å². The van der Waals surface area contributed by atoms with Crippen molar-refractivity contribution < 1.29 is 36.3 Å². The topological polar surface area (TPSA) is 142 Å². The van der Waals surface area contributed by atoms with E-state index < -0.39 is 74.9 Å². The third-order valence-electron chi connectivity index (χ3n) is 8.06. The minimum absolute atomic E-state index is 0.414. The maximum Gasteiger partial charge on any atom is 0.424 e. The molecule has 13 heteroatoms. The molecule has 2 aromatic heterocycles. The number of primary amides is 1. The zero-order valence-corrected chi connectivity index (χ0v) is 25.2. The lowest BCUT2D eigenvalue weighted by atomic mass is 9.61. The number of sulfonamides is 1. The number of allylic oxidation sites excluding steroid dienone is 1. The second kappa shape index (κ2) is 10.9. The summed E-state index contributed by atoms with van der Waals surface area (Å²) in [4.78, 5) is 34.0. The summed E-state index contributed by atoms with van der Waals surface area (Å²) in [5.41, 5.74) is 6.27. The van der Waals surface area contributed by atoms with Crippen molar-refractivity contribution >= 4 is 28.1 Å². The molecule has 1 aliphatic heterocycles. The zero-order chi connectivity index (χ0) is 31.3. The number of pyridine rings is 2. The molecule has 2 aromatic rings. The lowest BCUT2D eigenvalue weighted by Gasteiger charge is -2.48. The predicted octanol–water partition coefficient (Wildman–Crippen LogP) is 4.66. The van der Waals surface area contributed by atoms with E-state index in [1.54, 1.807) is 51.4 Å². The number of amides is 2. The molecule has 4 rings (SSSR count). The van der Waals surface area contributed by atoms with Crippen molar-refractivity contribution in [2.45, 2.75) is 69.8 Å². The van der Waals surface area contributed by atoms with Crippen molar-refractivity contribution in [1.82, 2.24) is 14.3 Å².